The van der Waals surface area contributed by atoms with Crippen LogP contribution in [0.2, 0.25) is 0 Å². The predicted molar refractivity (Wildman–Crippen MR) is 131 cm³/mol. The highest BCUT2D eigenvalue weighted by Gasteiger charge is 2.33. The van der Waals surface area contributed by atoms with Gasteiger partial charge in [0.25, 0.3) is 10.1 Å². The van der Waals surface area contributed by atoms with Crippen LogP contribution in [-0.4, -0.2) is 54.3 Å². The molecule has 0 heterocycles. The van der Waals surface area contributed by atoms with Crippen LogP contribution >= 0.6 is 0 Å². The average Bonchev–Trinajstić information content (AvgIpc) is 2.76. The molecule has 10 heteroatoms. The predicted octanol–water partition coefficient (Wildman–Crippen LogP) is 4.64. The normalized spacial score (nSPS) is 12.3. The number of carbonyl (C=O) groups is 3. The molecule has 0 radical (unpaired) electrons. The minimum Gasteiger partial charge on any atom is -0.480 e. The Kier molecular flexibility index (Phi) is 19.7. The Balaban J connectivity index is 3.52. The fraction of sp³-hybridized carbons (Fsp3) is 0.875. The zero-order valence-electron chi connectivity index (χ0n) is 20.8. The number of amides is 1. The molecule has 0 aliphatic rings. The number of rotatable bonds is 23. The van der Waals surface area contributed by atoms with Crippen molar-refractivity contribution in [3.8, 4) is 0 Å². The van der Waals surface area contributed by atoms with Crippen molar-refractivity contribution in [1.82, 2.24) is 5.32 Å². The van der Waals surface area contributed by atoms with Crippen molar-refractivity contribution in [3.63, 3.8) is 0 Å². The zero-order chi connectivity index (χ0) is 25.7. The summed E-state index contributed by atoms with van der Waals surface area (Å²) in [5.74, 6) is -3.08. The highest BCUT2D eigenvalue weighted by Crippen LogP contribution is 2.13. The molecule has 1 atom stereocenters. The molecule has 9 nitrogen and oxygen atoms in total. The molecule has 3 N–H and O–H groups in total. The van der Waals surface area contributed by atoms with Gasteiger partial charge in [-0.3, -0.25) is 18.9 Å². The number of carboxylic acid groups (broad SMARTS) is 1. The Hall–Kier alpha value is -1.68. The molecule has 0 bridgehead atoms. The van der Waals surface area contributed by atoms with E-state index in [9.17, 15) is 22.8 Å². The van der Waals surface area contributed by atoms with Gasteiger partial charge in [0, 0.05) is 6.42 Å². The molecule has 0 rings (SSSR count). The standard InChI is InChI=1S/C24H45NO8S/c1-2-3-4-5-6-7-8-9-10-11-12-13-14-15-16-17-22(26)25-18-19-33-23(27)20-21(24(28)29)34(30,31)32/h21H,2-20H2,1H3,(H,25,26)(H,28,29)(H,30,31,32). The van der Waals surface area contributed by atoms with E-state index in [4.69, 9.17) is 14.4 Å². The van der Waals surface area contributed by atoms with Crippen LogP contribution in [0.5, 0.6) is 0 Å². The van der Waals surface area contributed by atoms with Gasteiger partial charge in [0.2, 0.25) is 5.91 Å². The number of nitrogens with one attached hydrogen (secondary N) is 1. The highest BCUT2D eigenvalue weighted by molar-refractivity contribution is 7.87. The van der Waals surface area contributed by atoms with E-state index in [2.05, 4.69) is 12.2 Å². The molecule has 1 amide bonds. The first-order chi connectivity index (χ1) is 16.2. The van der Waals surface area contributed by atoms with Crippen LogP contribution in [0.15, 0.2) is 0 Å². The van der Waals surface area contributed by atoms with Crippen LogP contribution in [0.25, 0.3) is 0 Å². The number of aliphatic carboxylic acids is 1. The first-order valence-corrected chi connectivity index (χ1v) is 14.3. The second-order valence-corrected chi connectivity index (χ2v) is 10.4. The molecule has 0 saturated carbocycles. The lowest BCUT2D eigenvalue weighted by atomic mass is 10.0. The SMILES string of the molecule is CCCCCCCCCCCCCCCCCC(=O)NCCOC(=O)CC(C(=O)O)S(=O)(=O)O. The highest BCUT2D eigenvalue weighted by atomic mass is 32.2. The Morgan fingerprint density at radius 3 is 1.65 bits per heavy atom. The van der Waals surface area contributed by atoms with E-state index in [-0.39, 0.29) is 19.1 Å². The van der Waals surface area contributed by atoms with Crippen LogP contribution in [0.4, 0.5) is 0 Å². The molecule has 200 valence electrons. The first kappa shape index (κ1) is 32.3. The fourth-order valence-electron chi connectivity index (χ4n) is 3.63. The number of carbonyl (C=O) groups excluding carboxylic acids is 2. The lowest BCUT2D eigenvalue weighted by Gasteiger charge is -2.10. The number of hydrogen-bond donors (Lipinski definition) is 3. The van der Waals surface area contributed by atoms with E-state index in [1.54, 1.807) is 0 Å². The second kappa shape index (κ2) is 20.7. The maximum Gasteiger partial charge on any atom is 0.325 e. The molecular formula is C24H45NO8S. The Labute approximate surface area is 205 Å². The van der Waals surface area contributed by atoms with Crippen molar-refractivity contribution in [2.45, 2.75) is 121 Å². The maximum absolute atomic E-state index is 11.8. The maximum atomic E-state index is 11.8. The summed E-state index contributed by atoms with van der Waals surface area (Å²) in [6.45, 7) is 2.08. The van der Waals surface area contributed by atoms with E-state index in [1.807, 2.05) is 0 Å². The van der Waals surface area contributed by atoms with Gasteiger partial charge in [-0.05, 0) is 6.42 Å². The van der Waals surface area contributed by atoms with Crippen LogP contribution in [0.1, 0.15) is 116 Å². The summed E-state index contributed by atoms with van der Waals surface area (Å²) in [4.78, 5) is 34.1. The van der Waals surface area contributed by atoms with Crippen molar-refractivity contribution in [2.24, 2.45) is 0 Å². The second-order valence-electron chi connectivity index (χ2n) is 8.82. The van der Waals surface area contributed by atoms with Crippen molar-refractivity contribution in [1.29, 1.82) is 0 Å². The van der Waals surface area contributed by atoms with E-state index >= 15 is 0 Å². The van der Waals surface area contributed by atoms with E-state index < -0.39 is 33.7 Å². The lowest BCUT2D eigenvalue weighted by Crippen LogP contribution is -2.33. The Bertz CT molecular complexity index is 666. The van der Waals surface area contributed by atoms with Gasteiger partial charge in [0.05, 0.1) is 13.0 Å². The number of esters is 1. The largest absolute Gasteiger partial charge is 0.480 e. The zero-order valence-corrected chi connectivity index (χ0v) is 21.6. The molecular weight excluding hydrogens is 462 g/mol. The summed E-state index contributed by atoms with van der Waals surface area (Å²) in [6, 6.07) is 0. The van der Waals surface area contributed by atoms with Crippen LogP contribution in [0.3, 0.4) is 0 Å². The minimum atomic E-state index is -4.90. The lowest BCUT2D eigenvalue weighted by molar-refractivity contribution is -0.147. The number of hydrogen-bond acceptors (Lipinski definition) is 6. The van der Waals surface area contributed by atoms with Gasteiger partial charge in [-0.1, -0.05) is 96.8 Å². The number of ether oxygens (including phenoxy) is 1. The van der Waals surface area contributed by atoms with Crippen molar-refractivity contribution >= 4 is 28.0 Å². The van der Waals surface area contributed by atoms with Gasteiger partial charge < -0.3 is 15.2 Å². The molecule has 0 aromatic heterocycles. The molecule has 34 heavy (non-hydrogen) atoms. The Morgan fingerprint density at radius 2 is 1.24 bits per heavy atom. The molecule has 1 unspecified atom stereocenters. The molecule has 0 spiro atoms. The molecule has 0 aliphatic heterocycles. The summed E-state index contributed by atoms with van der Waals surface area (Å²) >= 11 is 0. The van der Waals surface area contributed by atoms with Crippen molar-refractivity contribution in [3.05, 3.63) is 0 Å². The third kappa shape index (κ3) is 19.8. The van der Waals surface area contributed by atoms with Gasteiger partial charge in [-0.15, -0.1) is 0 Å². The smallest absolute Gasteiger partial charge is 0.325 e. The van der Waals surface area contributed by atoms with E-state index in [1.165, 1.54) is 77.0 Å². The van der Waals surface area contributed by atoms with Gasteiger partial charge in [0.15, 0.2) is 5.25 Å². The first-order valence-electron chi connectivity index (χ1n) is 12.8. The van der Waals surface area contributed by atoms with Gasteiger partial charge in [-0.2, -0.15) is 8.42 Å². The van der Waals surface area contributed by atoms with E-state index in [0.29, 0.717) is 6.42 Å². The number of unbranched alkanes of at least 4 members (excludes halogenated alkanes) is 14. The van der Waals surface area contributed by atoms with Gasteiger partial charge >= 0.3 is 11.9 Å². The van der Waals surface area contributed by atoms with Gasteiger partial charge in [-0.25, -0.2) is 0 Å². The summed E-state index contributed by atoms with van der Waals surface area (Å²) in [7, 11) is -4.90. The summed E-state index contributed by atoms with van der Waals surface area (Å²) in [6.07, 6.45) is 18.2. The van der Waals surface area contributed by atoms with Crippen molar-refractivity contribution < 1.29 is 37.2 Å². The minimum absolute atomic E-state index is 0.0485. The molecule has 0 fully saturated rings. The summed E-state index contributed by atoms with van der Waals surface area (Å²) in [5, 5.41) is 9.06. The third-order valence-corrected chi connectivity index (χ3v) is 6.77. The van der Waals surface area contributed by atoms with Crippen LogP contribution < -0.4 is 5.32 Å². The average molecular weight is 508 g/mol. The summed E-state index contributed by atoms with van der Waals surface area (Å²) < 4.78 is 35.3. The van der Waals surface area contributed by atoms with Crippen LogP contribution in [-0.2, 0) is 29.2 Å². The molecule has 0 aromatic carbocycles. The summed E-state index contributed by atoms with van der Waals surface area (Å²) in [5.41, 5.74) is 0. The van der Waals surface area contributed by atoms with Crippen LogP contribution in [0, 0.1) is 0 Å². The molecule has 0 aliphatic carbocycles. The topological polar surface area (TPSA) is 147 Å². The van der Waals surface area contributed by atoms with E-state index in [0.717, 1.165) is 19.3 Å². The quantitative estimate of drug-likeness (QED) is 0.103. The van der Waals surface area contributed by atoms with Gasteiger partial charge in [0.1, 0.15) is 6.61 Å². The molecule has 0 aromatic rings. The van der Waals surface area contributed by atoms with Crippen molar-refractivity contribution in [2.75, 3.05) is 13.2 Å². The number of carboxylic acids is 1. The monoisotopic (exact) mass is 507 g/mol. The third-order valence-electron chi connectivity index (χ3n) is 5.68. The molecule has 0 saturated heterocycles. The fourth-order valence-corrected chi connectivity index (χ4v) is 4.23. The Morgan fingerprint density at radius 1 is 0.794 bits per heavy atom.